The van der Waals surface area contributed by atoms with E-state index in [1.54, 1.807) is 17.4 Å². The molecule has 0 saturated heterocycles. The maximum absolute atomic E-state index is 8.82. The molecule has 0 atom stereocenters. The topological polar surface area (TPSA) is 47.6 Å². The maximum Gasteiger partial charge on any atom is 0.130 e. The fourth-order valence-corrected chi connectivity index (χ4v) is 2.89. The fraction of sp³-hybridized carbons (Fsp3) is 0.143. The van der Waals surface area contributed by atoms with Gasteiger partial charge in [-0.3, -0.25) is 0 Å². The van der Waals surface area contributed by atoms with Gasteiger partial charge in [0, 0.05) is 15.0 Å². The standard InChI is InChI=1S/C14H10N2S/c1-2-13-12(7-10(8-15)9-16)11-5-3-4-6-14(11)17-13/h3-7H,2H2,1H3. The van der Waals surface area contributed by atoms with Gasteiger partial charge in [0.15, 0.2) is 0 Å². The molecule has 3 heteroatoms. The monoisotopic (exact) mass is 238 g/mol. The third kappa shape index (κ3) is 2.06. The highest BCUT2D eigenvalue weighted by atomic mass is 32.1. The van der Waals surface area contributed by atoms with Crippen molar-refractivity contribution in [2.75, 3.05) is 0 Å². The number of nitriles is 2. The third-order valence-electron chi connectivity index (χ3n) is 2.56. The molecule has 0 spiro atoms. The highest BCUT2D eigenvalue weighted by Gasteiger charge is 2.09. The molecule has 0 saturated carbocycles. The molecule has 0 aliphatic carbocycles. The Kier molecular flexibility index (Phi) is 3.23. The Hall–Kier alpha value is -2.10. The normalized spacial score (nSPS) is 9.59. The highest BCUT2D eigenvalue weighted by molar-refractivity contribution is 7.19. The second-order valence-electron chi connectivity index (χ2n) is 3.57. The summed E-state index contributed by atoms with van der Waals surface area (Å²) < 4.78 is 1.20. The van der Waals surface area contributed by atoms with Gasteiger partial charge in [-0.25, -0.2) is 0 Å². The highest BCUT2D eigenvalue weighted by Crippen LogP contribution is 2.33. The van der Waals surface area contributed by atoms with E-state index in [4.69, 9.17) is 10.5 Å². The zero-order chi connectivity index (χ0) is 12.3. The average molecular weight is 238 g/mol. The van der Waals surface area contributed by atoms with Gasteiger partial charge in [0.25, 0.3) is 0 Å². The van der Waals surface area contributed by atoms with Gasteiger partial charge >= 0.3 is 0 Å². The minimum Gasteiger partial charge on any atom is -0.192 e. The van der Waals surface area contributed by atoms with Crippen LogP contribution in [0.1, 0.15) is 17.4 Å². The van der Waals surface area contributed by atoms with Gasteiger partial charge < -0.3 is 0 Å². The van der Waals surface area contributed by atoms with Crippen molar-refractivity contribution in [1.82, 2.24) is 0 Å². The van der Waals surface area contributed by atoms with Crippen LogP contribution < -0.4 is 0 Å². The molecule has 17 heavy (non-hydrogen) atoms. The van der Waals surface area contributed by atoms with E-state index < -0.39 is 0 Å². The molecule has 0 aliphatic rings. The lowest BCUT2D eigenvalue weighted by molar-refractivity contribution is 1.18. The fourth-order valence-electron chi connectivity index (χ4n) is 1.77. The smallest absolute Gasteiger partial charge is 0.130 e. The minimum atomic E-state index is 0.156. The van der Waals surface area contributed by atoms with Crippen LogP contribution in [0.15, 0.2) is 29.8 Å². The second kappa shape index (κ2) is 4.82. The average Bonchev–Trinajstić information content (AvgIpc) is 2.73. The first-order chi connectivity index (χ1) is 8.30. The van der Waals surface area contributed by atoms with E-state index in [9.17, 15) is 0 Å². The van der Waals surface area contributed by atoms with Crippen LogP contribution in [0.4, 0.5) is 0 Å². The lowest BCUT2D eigenvalue weighted by atomic mass is 10.1. The number of hydrogen-bond acceptors (Lipinski definition) is 3. The largest absolute Gasteiger partial charge is 0.192 e. The van der Waals surface area contributed by atoms with Crippen molar-refractivity contribution in [3.8, 4) is 12.1 Å². The van der Waals surface area contributed by atoms with Crippen LogP contribution >= 0.6 is 11.3 Å². The van der Waals surface area contributed by atoms with E-state index in [1.165, 1.54) is 9.58 Å². The third-order valence-corrected chi connectivity index (χ3v) is 3.89. The van der Waals surface area contributed by atoms with Gasteiger partial charge in [0.2, 0.25) is 0 Å². The maximum atomic E-state index is 8.82. The Balaban J connectivity index is 2.72. The molecule has 0 fully saturated rings. The summed E-state index contributed by atoms with van der Waals surface area (Å²) in [6.07, 6.45) is 2.60. The molecule has 0 unspecified atom stereocenters. The van der Waals surface area contributed by atoms with E-state index in [1.807, 2.05) is 30.3 Å². The Morgan fingerprint density at radius 1 is 1.29 bits per heavy atom. The number of allylic oxidation sites excluding steroid dienone is 1. The van der Waals surface area contributed by atoms with Crippen molar-refractivity contribution in [3.63, 3.8) is 0 Å². The molecule has 1 aromatic carbocycles. The minimum absolute atomic E-state index is 0.156. The summed E-state index contributed by atoms with van der Waals surface area (Å²) in [6.45, 7) is 2.08. The summed E-state index contributed by atoms with van der Waals surface area (Å²) >= 11 is 1.72. The first kappa shape index (κ1) is 11.4. The predicted octanol–water partition coefficient (Wildman–Crippen LogP) is 3.89. The van der Waals surface area contributed by atoms with Crippen molar-refractivity contribution in [2.24, 2.45) is 0 Å². The lowest BCUT2D eigenvalue weighted by Crippen LogP contribution is -1.80. The number of rotatable bonds is 2. The summed E-state index contributed by atoms with van der Waals surface area (Å²) in [5.74, 6) is 0. The molecule has 0 N–H and O–H groups in total. The number of fused-ring (bicyclic) bond motifs is 1. The van der Waals surface area contributed by atoms with Crippen molar-refractivity contribution < 1.29 is 0 Å². The number of aryl methyl sites for hydroxylation is 1. The van der Waals surface area contributed by atoms with Crippen LogP contribution in [0.3, 0.4) is 0 Å². The molecule has 0 bridgehead atoms. The summed E-state index contributed by atoms with van der Waals surface area (Å²) in [7, 11) is 0. The number of thiophene rings is 1. The Bertz CT molecular complexity index is 650. The molecule has 0 aliphatic heterocycles. The van der Waals surface area contributed by atoms with Crippen LogP contribution in [0.25, 0.3) is 16.2 Å². The van der Waals surface area contributed by atoms with E-state index in [0.29, 0.717) is 0 Å². The molecular weight excluding hydrogens is 228 g/mol. The van der Waals surface area contributed by atoms with E-state index in [0.717, 1.165) is 17.4 Å². The Morgan fingerprint density at radius 3 is 2.65 bits per heavy atom. The van der Waals surface area contributed by atoms with Gasteiger partial charge in [-0.1, -0.05) is 25.1 Å². The zero-order valence-electron chi connectivity index (χ0n) is 9.40. The summed E-state index contributed by atoms with van der Waals surface area (Å²) in [6, 6.07) is 11.9. The lowest BCUT2D eigenvalue weighted by Gasteiger charge is -1.95. The van der Waals surface area contributed by atoms with Crippen molar-refractivity contribution in [1.29, 1.82) is 10.5 Å². The van der Waals surface area contributed by atoms with Crippen LogP contribution in [-0.4, -0.2) is 0 Å². The summed E-state index contributed by atoms with van der Waals surface area (Å²) in [4.78, 5) is 1.22. The molecule has 2 rings (SSSR count). The van der Waals surface area contributed by atoms with Gasteiger partial charge in [0.05, 0.1) is 0 Å². The molecule has 1 heterocycles. The number of hydrogen-bond donors (Lipinski definition) is 0. The van der Waals surface area contributed by atoms with E-state index in [2.05, 4.69) is 13.0 Å². The van der Waals surface area contributed by atoms with Crippen LogP contribution in [0.2, 0.25) is 0 Å². The van der Waals surface area contributed by atoms with Crippen LogP contribution in [0.5, 0.6) is 0 Å². The SMILES string of the molecule is CCc1sc2ccccc2c1C=C(C#N)C#N. The summed E-state index contributed by atoms with van der Waals surface area (Å²) in [5.41, 5.74) is 1.18. The van der Waals surface area contributed by atoms with Crippen LogP contribution in [0, 0.1) is 22.7 Å². The van der Waals surface area contributed by atoms with Crippen molar-refractivity contribution in [2.45, 2.75) is 13.3 Å². The van der Waals surface area contributed by atoms with Crippen LogP contribution in [-0.2, 0) is 6.42 Å². The first-order valence-corrected chi connectivity index (χ1v) is 6.14. The second-order valence-corrected chi connectivity index (χ2v) is 4.71. The molecule has 0 amide bonds. The van der Waals surface area contributed by atoms with Crippen molar-refractivity contribution >= 4 is 27.5 Å². The summed E-state index contributed by atoms with van der Waals surface area (Å²) in [5, 5.41) is 18.8. The first-order valence-electron chi connectivity index (χ1n) is 5.32. The zero-order valence-corrected chi connectivity index (χ0v) is 10.2. The molecule has 0 radical (unpaired) electrons. The molecule has 1 aromatic heterocycles. The number of nitrogens with zero attached hydrogens (tertiary/aromatic N) is 2. The van der Waals surface area contributed by atoms with E-state index in [-0.39, 0.29) is 5.57 Å². The van der Waals surface area contributed by atoms with E-state index >= 15 is 0 Å². The van der Waals surface area contributed by atoms with Gasteiger partial charge in [-0.05, 0) is 24.1 Å². The predicted molar refractivity (Wildman–Crippen MR) is 70.4 cm³/mol. The van der Waals surface area contributed by atoms with Gasteiger partial charge in [-0.15, -0.1) is 11.3 Å². The molecule has 2 aromatic rings. The van der Waals surface area contributed by atoms with Crippen molar-refractivity contribution in [3.05, 3.63) is 40.3 Å². The van der Waals surface area contributed by atoms with Gasteiger partial charge in [-0.2, -0.15) is 10.5 Å². The Morgan fingerprint density at radius 2 is 2.00 bits per heavy atom. The Labute approximate surface area is 104 Å². The number of benzene rings is 1. The molecular formula is C14H10N2S. The molecule has 2 nitrogen and oxygen atoms in total. The quantitative estimate of drug-likeness (QED) is 0.745. The molecule has 82 valence electrons. The van der Waals surface area contributed by atoms with Gasteiger partial charge in [0.1, 0.15) is 17.7 Å².